The van der Waals surface area contributed by atoms with E-state index in [1.54, 1.807) is 48.5 Å². The second-order valence-corrected chi connectivity index (χ2v) is 7.21. The number of rotatable bonds is 9. The highest BCUT2D eigenvalue weighted by Gasteiger charge is 2.18. The van der Waals surface area contributed by atoms with E-state index in [4.69, 9.17) is 19.9 Å². The van der Waals surface area contributed by atoms with Gasteiger partial charge in [-0.05, 0) is 35.9 Å². The predicted molar refractivity (Wildman–Crippen MR) is 131 cm³/mol. The molecule has 0 saturated carbocycles. The molecule has 176 valence electrons. The van der Waals surface area contributed by atoms with Crippen molar-refractivity contribution in [3.8, 4) is 17.2 Å². The molecule has 0 aromatic heterocycles. The molecule has 4 N–H and O–H groups in total. The Kier molecular flexibility index (Phi) is 8.12. The highest BCUT2D eigenvalue weighted by Crippen LogP contribution is 2.35. The maximum Gasteiger partial charge on any atom is 0.268 e. The molecule has 8 nitrogen and oxygen atoms in total. The third-order valence-electron chi connectivity index (χ3n) is 5.06. The first kappa shape index (κ1) is 24.2. The van der Waals surface area contributed by atoms with E-state index in [1.165, 1.54) is 27.4 Å². The molecule has 3 aromatic rings. The van der Waals surface area contributed by atoms with Gasteiger partial charge in [0.1, 0.15) is 11.4 Å². The van der Waals surface area contributed by atoms with Crippen molar-refractivity contribution in [1.82, 2.24) is 10.6 Å². The number of nitrogens with two attached hydrogens (primary N) is 1. The Labute approximate surface area is 198 Å². The first-order valence-electron chi connectivity index (χ1n) is 10.5. The molecule has 0 saturated heterocycles. The molecule has 0 fully saturated rings. The predicted octanol–water partition coefficient (Wildman–Crippen LogP) is 3.38. The van der Waals surface area contributed by atoms with Crippen molar-refractivity contribution in [3.05, 3.63) is 89.1 Å². The Morgan fingerprint density at radius 1 is 0.853 bits per heavy atom. The summed E-state index contributed by atoms with van der Waals surface area (Å²) in [6, 6.07) is 19.1. The Balaban J connectivity index is 1.97. The number of nitrogen functional groups attached to an aromatic ring is 1. The minimum atomic E-state index is -0.496. The molecule has 3 aromatic carbocycles. The lowest BCUT2D eigenvalue weighted by Crippen LogP contribution is -2.34. The second-order valence-electron chi connectivity index (χ2n) is 7.21. The molecule has 3 rings (SSSR count). The quantitative estimate of drug-likeness (QED) is 0.333. The summed E-state index contributed by atoms with van der Waals surface area (Å²) in [5, 5.41) is 5.51. The van der Waals surface area contributed by atoms with Crippen LogP contribution in [0, 0.1) is 0 Å². The van der Waals surface area contributed by atoms with Crippen LogP contribution in [0.4, 0.5) is 5.69 Å². The number of carbonyl (C=O) groups is 2. The van der Waals surface area contributed by atoms with E-state index >= 15 is 0 Å². The van der Waals surface area contributed by atoms with E-state index < -0.39 is 11.8 Å². The van der Waals surface area contributed by atoms with Crippen molar-refractivity contribution in [1.29, 1.82) is 0 Å². The number of ether oxygens (including phenoxy) is 3. The number of anilines is 1. The van der Waals surface area contributed by atoms with Crippen molar-refractivity contribution in [2.45, 2.75) is 6.54 Å². The minimum absolute atomic E-state index is 0.0221. The van der Waals surface area contributed by atoms with Gasteiger partial charge in [-0.1, -0.05) is 36.4 Å². The summed E-state index contributed by atoms with van der Waals surface area (Å²) in [5.41, 5.74) is 8.24. The minimum Gasteiger partial charge on any atom is -0.496 e. The fourth-order valence-corrected chi connectivity index (χ4v) is 3.23. The van der Waals surface area contributed by atoms with E-state index in [0.717, 1.165) is 5.56 Å². The average molecular weight is 462 g/mol. The van der Waals surface area contributed by atoms with E-state index in [-0.39, 0.29) is 12.2 Å². The second kappa shape index (κ2) is 11.4. The van der Waals surface area contributed by atoms with Crippen molar-refractivity contribution >= 4 is 23.6 Å². The first-order valence-corrected chi connectivity index (χ1v) is 10.5. The van der Waals surface area contributed by atoms with Crippen LogP contribution in [-0.4, -0.2) is 33.1 Å². The lowest BCUT2D eigenvalue weighted by molar-refractivity contribution is -0.117. The number of methoxy groups -OCH3 is 3. The van der Waals surface area contributed by atoms with Crippen LogP contribution in [0.5, 0.6) is 17.2 Å². The molecule has 0 bridgehead atoms. The molecular formula is C26H27N3O5. The zero-order chi connectivity index (χ0) is 24.5. The molecule has 0 aliphatic rings. The number of carbonyl (C=O) groups excluding carboxylic acids is 2. The average Bonchev–Trinajstić information content (AvgIpc) is 2.87. The SMILES string of the molecule is COc1cc(OC)c(OC)cc1C=C(NC(=O)c1ccccc1)C(=O)NCc1ccccc1N. The van der Waals surface area contributed by atoms with Crippen LogP contribution >= 0.6 is 0 Å². The molecule has 2 amide bonds. The van der Waals surface area contributed by atoms with Gasteiger partial charge in [0.15, 0.2) is 11.5 Å². The molecule has 0 unspecified atom stereocenters. The first-order chi connectivity index (χ1) is 16.5. The Hall–Kier alpha value is -4.46. The van der Waals surface area contributed by atoms with E-state index in [1.807, 2.05) is 18.2 Å². The Morgan fingerprint density at radius 2 is 1.47 bits per heavy atom. The van der Waals surface area contributed by atoms with Gasteiger partial charge in [0.2, 0.25) is 0 Å². The third-order valence-corrected chi connectivity index (χ3v) is 5.06. The summed E-state index contributed by atoms with van der Waals surface area (Å²) in [7, 11) is 4.52. The molecule has 34 heavy (non-hydrogen) atoms. The fourth-order valence-electron chi connectivity index (χ4n) is 3.23. The Morgan fingerprint density at radius 3 is 2.12 bits per heavy atom. The zero-order valence-electron chi connectivity index (χ0n) is 19.3. The van der Waals surface area contributed by atoms with Gasteiger partial charge in [0.05, 0.1) is 21.3 Å². The van der Waals surface area contributed by atoms with Crippen LogP contribution in [0.25, 0.3) is 6.08 Å². The number of benzene rings is 3. The highest BCUT2D eigenvalue weighted by molar-refractivity contribution is 6.05. The van der Waals surface area contributed by atoms with Crippen LogP contribution in [0.3, 0.4) is 0 Å². The summed E-state index contributed by atoms with van der Waals surface area (Å²) in [4.78, 5) is 26.0. The topological polar surface area (TPSA) is 112 Å². The van der Waals surface area contributed by atoms with Gasteiger partial charge in [0, 0.05) is 29.4 Å². The Bertz CT molecular complexity index is 1190. The van der Waals surface area contributed by atoms with Crippen molar-refractivity contribution in [2.24, 2.45) is 0 Å². The van der Waals surface area contributed by atoms with E-state index in [0.29, 0.717) is 34.1 Å². The van der Waals surface area contributed by atoms with Gasteiger partial charge in [-0.3, -0.25) is 9.59 Å². The van der Waals surface area contributed by atoms with Crippen LogP contribution in [0.2, 0.25) is 0 Å². The number of hydrogen-bond donors (Lipinski definition) is 3. The summed E-state index contributed by atoms with van der Waals surface area (Å²) in [6.45, 7) is 0.188. The van der Waals surface area contributed by atoms with Crippen molar-refractivity contribution in [2.75, 3.05) is 27.1 Å². The molecule has 8 heteroatoms. The van der Waals surface area contributed by atoms with Crippen LogP contribution < -0.4 is 30.6 Å². The summed E-state index contributed by atoms with van der Waals surface area (Å²) >= 11 is 0. The lowest BCUT2D eigenvalue weighted by atomic mass is 10.1. The molecule has 0 heterocycles. The van der Waals surface area contributed by atoms with Crippen LogP contribution in [0.15, 0.2) is 72.4 Å². The summed E-state index contributed by atoms with van der Waals surface area (Å²) < 4.78 is 16.2. The zero-order valence-corrected chi connectivity index (χ0v) is 19.3. The van der Waals surface area contributed by atoms with Gasteiger partial charge in [0.25, 0.3) is 11.8 Å². The lowest BCUT2D eigenvalue weighted by Gasteiger charge is -2.15. The molecule has 0 aliphatic carbocycles. The largest absolute Gasteiger partial charge is 0.496 e. The van der Waals surface area contributed by atoms with E-state index in [2.05, 4.69) is 10.6 Å². The molecule has 0 aliphatic heterocycles. The normalized spacial score (nSPS) is 10.9. The van der Waals surface area contributed by atoms with Crippen LogP contribution in [0.1, 0.15) is 21.5 Å². The fraction of sp³-hybridized carbons (Fsp3) is 0.154. The summed E-state index contributed by atoms with van der Waals surface area (Å²) in [5.74, 6) is 0.422. The van der Waals surface area contributed by atoms with Gasteiger partial charge in [-0.15, -0.1) is 0 Å². The number of para-hydroxylation sites is 1. The number of hydrogen-bond acceptors (Lipinski definition) is 6. The summed E-state index contributed by atoms with van der Waals surface area (Å²) in [6.07, 6.45) is 1.52. The van der Waals surface area contributed by atoms with Crippen molar-refractivity contribution < 1.29 is 23.8 Å². The maximum absolute atomic E-state index is 13.1. The van der Waals surface area contributed by atoms with Crippen LogP contribution in [-0.2, 0) is 11.3 Å². The third kappa shape index (κ3) is 5.86. The molecule has 0 spiro atoms. The molecule has 0 atom stereocenters. The monoisotopic (exact) mass is 461 g/mol. The van der Waals surface area contributed by atoms with Gasteiger partial charge in [-0.25, -0.2) is 0 Å². The van der Waals surface area contributed by atoms with Gasteiger partial charge in [-0.2, -0.15) is 0 Å². The number of nitrogens with one attached hydrogen (secondary N) is 2. The van der Waals surface area contributed by atoms with Gasteiger partial charge >= 0.3 is 0 Å². The molecule has 0 radical (unpaired) electrons. The molecular weight excluding hydrogens is 434 g/mol. The van der Waals surface area contributed by atoms with Crippen molar-refractivity contribution in [3.63, 3.8) is 0 Å². The highest BCUT2D eigenvalue weighted by atomic mass is 16.5. The maximum atomic E-state index is 13.1. The standard InChI is InChI=1S/C26H27N3O5/c1-32-22-15-24(34-3)23(33-2)14-19(22)13-21(29-25(30)17-9-5-4-6-10-17)26(31)28-16-18-11-7-8-12-20(18)27/h4-15H,16,27H2,1-3H3,(H,28,31)(H,29,30). The smallest absolute Gasteiger partial charge is 0.268 e. The van der Waals surface area contributed by atoms with Gasteiger partial charge < -0.3 is 30.6 Å². The number of amides is 2. The van der Waals surface area contributed by atoms with E-state index in [9.17, 15) is 9.59 Å².